The van der Waals surface area contributed by atoms with Crippen molar-refractivity contribution in [2.75, 3.05) is 26.2 Å². The summed E-state index contributed by atoms with van der Waals surface area (Å²) in [5.41, 5.74) is 0.0682. The summed E-state index contributed by atoms with van der Waals surface area (Å²) in [6.45, 7) is 1.84. The van der Waals surface area contributed by atoms with Crippen LogP contribution in [0.2, 0.25) is 0 Å². The molecule has 21 heavy (non-hydrogen) atoms. The number of amides is 1. The third kappa shape index (κ3) is 2.07. The van der Waals surface area contributed by atoms with Crippen LogP contribution in [0.4, 0.5) is 5.69 Å². The van der Waals surface area contributed by atoms with E-state index in [-0.39, 0.29) is 12.3 Å². The Bertz CT molecular complexity index is 606. The van der Waals surface area contributed by atoms with Crippen LogP contribution in [0.5, 0.6) is 0 Å². The predicted molar refractivity (Wildman–Crippen MR) is 74.9 cm³/mol. The molecule has 1 aliphatic heterocycles. The van der Waals surface area contributed by atoms with Crippen LogP contribution in [0.1, 0.15) is 17.5 Å². The van der Waals surface area contributed by atoms with Gasteiger partial charge in [0.05, 0.1) is 20.6 Å². The van der Waals surface area contributed by atoms with Crippen molar-refractivity contribution in [3.05, 3.63) is 29.3 Å². The number of hydrogen-bond donors (Lipinski definition) is 0. The summed E-state index contributed by atoms with van der Waals surface area (Å²) in [5.74, 6) is -1.92. The molecule has 0 saturated carbocycles. The number of carbonyl (C=O) groups excluding carboxylic acids is 3. The number of esters is 2. The number of hydrogen-bond acceptors (Lipinski definition) is 5. The second-order valence-electron chi connectivity index (χ2n) is 5.04. The lowest BCUT2D eigenvalue weighted by Gasteiger charge is -2.37. The Hall–Kier alpha value is -2.37. The zero-order valence-corrected chi connectivity index (χ0v) is 12.4. The molecule has 1 aromatic rings. The lowest BCUT2D eigenvalue weighted by Crippen LogP contribution is -2.53. The molecule has 6 nitrogen and oxygen atoms in total. The maximum absolute atomic E-state index is 12.3. The number of methoxy groups -OCH3 is 2. The summed E-state index contributed by atoms with van der Waals surface area (Å²) in [6.07, 6.45) is -0.306. The number of ether oxygens (including phenoxy) is 2. The van der Waals surface area contributed by atoms with Crippen molar-refractivity contribution in [2.24, 2.45) is 0 Å². The van der Waals surface area contributed by atoms with Crippen molar-refractivity contribution in [1.82, 2.24) is 0 Å². The highest BCUT2D eigenvalue weighted by Crippen LogP contribution is 2.42. The van der Waals surface area contributed by atoms with Crippen LogP contribution in [0.3, 0.4) is 0 Å². The minimum Gasteiger partial charge on any atom is -0.468 e. The molecule has 2 rings (SSSR count). The Morgan fingerprint density at radius 3 is 2.29 bits per heavy atom. The van der Waals surface area contributed by atoms with E-state index in [1.807, 2.05) is 13.0 Å². The molecule has 6 heteroatoms. The highest BCUT2D eigenvalue weighted by atomic mass is 16.5. The molecule has 0 aromatic heterocycles. The molecule has 0 aliphatic carbocycles. The second-order valence-corrected chi connectivity index (χ2v) is 5.04. The molecule has 1 heterocycles. The van der Waals surface area contributed by atoms with E-state index in [2.05, 4.69) is 0 Å². The quantitative estimate of drug-likeness (QED) is 0.599. The van der Waals surface area contributed by atoms with Gasteiger partial charge in [-0.3, -0.25) is 14.4 Å². The van der Waals surface area contributed by atoms with Crippen LogP contribution >= 0.6 is 0 Å². The summed E-state index contributed by atoms with van der Waals surface area (Å²) in [7, 11) is 3.98. The maximum Gasteiger partial charge on any atom is 0.328 e. The van der Waals surface area contributed by atoms with Crippen molar-refractivity contribution in [3.63, 3.8) is 0 Å². The number of benzene rings is 1. The molecule has 0 radical (unpaired) electrons. The SMILES string of the molecule is COC(=O)C1(C(=O)OC)CC(=O)N(C)c2ccc(C)cc21. The highest BCUT2D eigenvalue weighted by Gasteiger charge is 2.56. The second kappa shape index (κ2) is 5.20. The molecule has 0 bridgehead atoms. The summed E-state index contributed by atoms with van der Waals surface area (Å²) in [6, 6.07) is 5.24. The van der Waals surface area contributed by atoms with Crippen molar-refractivity contribution in [1.29, 1.82) is 0 Å². The van der Waals surface area contributed by atoms with E-state index in [0.717, 1.165) is 5.56 Å². The first-order valence-corrected chi connectivity index (χ1v) is 6.43. The lowest BCUT2D eigenvalue weighted by atomic mass is 9.73. The zero-order valence-electron chi connectivity index (χ0n) is 12.4. The van der Waals surface area contributed by atoms with Crippen LogP contribution in [-0.4, -0.2) is 39.1 Å². The molecular formula is C15H17NO5. The molecule has 0 fully saturated rings. The van der Waals surface area contributed by atoms with E-state index >= 15 is 0 Å². The van der Waals surface area contributed by atoms with Crippen LogP contribution in [0.25, 0.3) is 0 Å². The van der Waals surface area contributed by atoms with E-state index in [4.69, 9.17) is 9.47 Å². The molecule has 1 aliphatic rings. The van der Waals surface area contributed by atoms with Crippen LogP contribution in [0, 0.1) is 6.92 Å². The fraction of sp³-hybridized carbons (Fsp3) is 0.400. The minimum atomic E-state index is -1.74. The third-order valence-electron chi connectivity index (χ3n) is 3.83. The Balaban J connectivity index is 2.80. The van der Waals surface area contributed by atoms with Crippen LogP contribution in [-0.2, 0) is 29.3 Å². The molecule has 1 aromatic carbocycles. The van der Waals surface area contributed by atoms with Gasteiger partial charge in [0.1, 0.15) is 0 Å². The standard InChI is InChI=1S/C15H17NO5/c1-9-5-6-11-10(7-9)15(13(18)20-3,14(19)21-4)8-12(17)16(11)2/h5-7H,8H2,1-4H3. The number of nitrogens with zero attached hydrogens (tertiary/aromatic N) is 1. The molecule has 0 spiro atoms. The normalized spacial score (nSPS) is 16.2. The Morgan fingerprint density at radius 1 is 1.19 bits per heavy atom. The first-order valence-electron chi connectivity index (χ1n) is 6.43. The van der Waals surface area contributed by atoms with Crippen LogP contribution in [0.15, 0.2) is 18.2 Å². The first-order chi connectivity index (χ1) is 9.88. The molecule has 0 unspecified atom stereocenters. The van der Waals surface area contributed by atoms with Gasteiger partial charge in [-0.25, -0.2) is 0 Å². The van der Waals surface area contributed by atoms with Crippen molar-refractivity contribution in [3.8, 4) is 0 Å². The average molecular weight is 291 g/mol. The van der Waals surface area contributed by atoms with Gasteiger partial charge < -0.3 is 14.4 Å². The fourth-order valence-electron chi connectivity index (χ4n) is 2.66. The van der Waals surface area contributed by atoms with E-state index in [9.17, 15) is 14.4 Å². The van der Waals surface area contributed by atoms with Gasteiger partial charge in [-0.2, -0.15) is 0 Å². The van der Waals surface area contributed by atoms with Gasteiger partial charge in [0, 0.05) is 18.3 Å². The van der Waals surface area contributed by atoms with Crippen molar-refractivity contribution in [2.45, 2.75) is 18.8 Å². The van der Waals surface area contributed by atoms with Gasteiger partial charge >= 0.3 is 11.9 Å². The predicted octanol–water partition coefficient (Wildman–Crippen LogP) is 0.945. The largest absolute Gasteiger partial charge is 0.468 e. The topological polar surface area (TPSA) is 72.9 Å². The average Bonchev–Trinajstić information content (AvgIpc) is 2.49. The molecule has 1 amide bonds. The first kappa shape index (κ1) is 15.0. The Labute approximate surface area is 122 Å². The van der Waals surface area contributed by atoms with Gasteiger partial charge in [0.25, 0.3) is 0 Å². The van der Waals surface area contributed by atoms with E-state index in [1.54, 1.807) is 19.2 Å². The summed E-state index contributed by atoms with van der Waals surface area (Å²) in [5, 5.41) is 0. The third-order valence-corrected chi connectivity index (χ3v) is 3.83. The number of aryl methyl sites for hydroxylation is 1. The molecule has 0 saturated heterocycles. The Morgan fingerprint density at radius 2 is 1.76 bits per heavy atom. The van der Waals surface area contributed by atoms with Gasteiger partial charge in [-0.1, -0.05) is 17.7 Å². The summed E-state index contributed by atoms with van der Waals surface area (Å²) < 4.78 is 9.57. The summed E-state index contributed by atoms with van der Waals surface area (Å²) in [4.78, 5) is 38.3. The van der Waals surface area contributed by atoms with Crippen LogP contribution < -0.4 is 4.90 Å². The van der Waals surface area contributed by atoms with Gasteiger partial charge in [0.2, 0.25) is 11.3 Å². The Kier molecular flexibility index (Phi) is 3.72. The molecular weight excluding hydrogens is 274 g/mol. The van der Waals surface area contributed by atoms with Crippen molar-refractivity contribution >= 4 is 23.5 Å². The number of anilines is 1. The van der Waals surface area contributed by atoms with Gasteiger partial charge in [-0.15, -0.1) is 0 Å². The zero-order chi connectivity index (χ0) is 15.8. The number of carbonyl (C=O) groups is 3. The highest BCUT2D eigenvalue weighted by molar-refractivity contribution is 6.15. The number of fused-ring (bicyclic) bond motifs is 1. The monoisotopic (exact) mass is 291 g/mol. The molecule has 112 valence electrons. The van der Waals surface area contributed by atoms with Gasteiger partial charge in [-0.05, 0) is 13.0 Å². The fourth-order valence-corrected chi connectivity index (χ4v) is 2.66. The smallest absolute Gasteiger partial charge is 0.328 e. The van der Waals surface area contributed by atoms with E-state index in [0.29, 0.717) is 11.3 Å². The number of rotatable bonds is 2. The van der Waals surface area contributed by atoms with Gasteiger partial charge in [0.15, 0.2) is 0 Å². The van der Waals surface area contributed by atoms with Crippen molar-refractivity contribution < 1.29 is 23.9 Å². The lowest BCUT2D eigenvalue weighted by molar-refractivity contribution is -0.164. The van der Waals surface area contributed by atoms with E-state index < -0.39 is 17.4 Å². The summed E-state index contributed by atoms with van der Waals surface area (Å²) >= 11 is 0. The minimum absolute atomic E-state index is 0.306. The molecule has 0 atom stereocenters. The maximum atomic E-state index is 12.3. The molecule has 0 N–H and O–H groups in total. The van der Waals surface area contributed by atoms with E-state index in [1.165, 1.54) is 19.1 Å².